The number of hydrogen-bond donors (Lipinski definition) is 1. The molecule has 2 fully saturated rings. The fourth-order valence-electron chi connectivity index (χ4n) is 3.83. The lowest BCUT2D eigenvalue weighted by Crippen LogP contribution is -2.53. The summed E-state index contributed by atoms with van der Waals surface area (Å²) in [6.45, 7) is 2.41. The van der Waals surface area contributed by atoms with Crippen LogP contribution in [0.1, 0.15) is 50.3 Å². The van der Waals surface area contributed by atoms with Crippen molar-refractivity contribution >= 4 is 0 Å². The molecule has 2 aliphatic rings. The van der Waals surface area contributed by atoms with Crippen molar-refractivity contribution < 1.29 is 0 Å². The number of likely N-dealkylation sites (tertiary alicyclic amines) is 1. The molecule has 1 aliphatic carbocycles. The molecule has 1 aliphatic heterocycles. The van der Waals surface area contributed by atoms with Gasteiger partial charge in [0.2, 0.25) is 0 Å². The number of hydrogen-bond acceptors (Lipinski definition) is 4. The highest BCUT2D eigenvalue weighted by Crippen LogP contribution is 2.44. The molecule has 1 unspecified atom stereocenters. The first-order chi connectivity index (χ1) is 8.74. The van der Waals surface area contributed by atoms with Crippen LogP contribution in [0.15, 0.2) is 6.20 Å². The minimum absolute atomic E-state index is 0.0399. The van der Waals surface area contributed by atoms with Crippen molar-refractivity contribution in [2.24, 2.45) is 12.8 Å². The highest BCUT2D eigenvalue weighted by Gasteiger charge is 2.46. The van der Waals surface area contributed by atoms with E-state index in [0.29, 0.717) is 0 Å². The number of nitrogens with zero attached hydrogens (tertiary/aromatic N) is 4. The number of rotatable bonds is 3. The van der Waals surface area contributed by atoms with E-state index in [9.17, 15) is 0 Å². The van der Waals surface area contributed by atoms with Gasteiger partial charge >= 0.3 is 0 Å². The van der Waals surface area contributed by atoms with E-state index in [0.717, 1.165) is 5.69 Å². The number of aromatic nitrogens is 3. The second kappa shape index (κ2) is 4.63. The van der Waals surface area contributed by atoms with Crippen molar-refractivity contribution in [3.63, 3.8) is 0 Å². The Morgan fingerprint density at radius 2 is 1.89 bits per heavy atom. The molecule has 0 amide bonds. The average Bonchev–Trinajstić information content (AvgIpc) is 3.10. The summed E-state index contributed by atoms with van der Waals surface area (Å²) in [5.41, 5.74) is 7.85. The zero-order valence-electron chi connectivity index (χ0n) is 11.2. The topological polar surface area (TPSA) is 60.0 Å². The van der Waals surface area contributed by atoms with Crippen LogP contribution in [0.5, 0.6) is 0 Å². The summed E-state index contributed by atoms with van der Waals surface area (Å²) in [7, 11) is 1.94. The Morgan fingerprint density at radius 1 is 1.22 bits per heavy atom. The lowest BCUT2D eigenvalue weighted by atomic mass is 9.85. The van der Waals surface area contributed by atoms with Crippen LogP contribution in [0.2, 0.25) is 0 Å². The van der Waals surface area contributed by atoms with Crippen molar-refractivity contribution in [3.05, 3.63) is 11.9 Å². The minimum atomic E-state index is 0.0399. The second-order valence-electron chi connectivity index (χ2n) is 5.76. The van der Waals surface area contributed by atoms with Gasteiger partial charge in [0, 0.05) is 12.6 Å². The fraction of sp³-hybridized carbons (Fsp3) is 0.846. The van der Waals surface area contributed by atoms with Gasteiger partial charge in [-0.1, -0.05) is 18.1 Å². The monoisotopic (exact) mass is 249 g/mol. The fourth-order valence-corrected chi connectivity index (χ4v) is 3.83. The maximum atomic E-state index is 6.62. The molecule has 0 bridgehead atoms. The Labute approximate surface area is 108 Å². The summed E-state index contributed by atoms with van der Waals surface area (Å²) >= 11 is 0. The van der Waals surface area contributed by atoms with Crippen LogP contribution >= 0.6 is 0 Å². The summed E-state index contributed by atoms with van der Waals surface area (Å²) in [6, 6.07) is 0.0399. The van der Waals surface area contributed by atoms with E-state index < -0.39 is 0 Å². The molecule has 2 heterocycles. The lowest BCUT2D eigenvalue weighted by molar-refractivity contribution is 0.0892. The van der Waals surface area contributed by atoms with E-state index >= 15 is 0 Å². The van der Waals surface area contributed by atoms with Crippen molar-refractivity contribution in [2.75, 3.05) is 13.1 Å². The van der Waals surface area contributed by atoms with Gasteiger partial charge in [-0.3, -0.25) is 9.58 Å². The first-order valence-corrected chi connectivity index (χ1v) is 7.09. The van der Waals surface area contributed by atoms with E-state index in [1.165, 1.54) is 51.6 Å². The molecule has 0 radical (unpaired) electrons. The van der Waals surface area contributed by atoms with E-state index in [1.807, 2.05) is 17.9 Å². The normalized spacial score (nSPS) is 25.7. The van der Waals surface area contributed by atoms with E-state index in [4.69, 9.17) is 5.73 Å². The van der Waals surface area contributed by atoms with Gasteiger partial charge in [0.1, 0.15) is 0 Å². The van der Waals surface area contributed by atoms with Crippen LogP contribution in [-0.2, 0) is 7.05 Å². The average molecular weight is 249 g/mol. The Kier molecular flexibility index (Phi) is 3.11. The first kappa shape index (κ1) is 12.1. The number of aryl methyl sites for hydroxylation is 1. The van der Waals surface area contributed by atoms with Crippen molar-refractivity contribution in [1.82, 2.24) is 19.9 Å². The summed E-state index contributed by atoms with van der Waals surface area (Å²) in [5.74, 6) is 0. The highest BCUT2D eigenvalue weighted by molar-refractivity contribution is 5.14. The Bertz CT molecular complexity index is 401. The summed E-state index contributed by atoms with van der Waals surface area (Å²) in [6.07, 6.45) is 9.51. The third kappa shape index (κ3) is 1.77. The van der Waals surface area contributed by atoms with Crippen LogP contribution in [0.25, 0.3) is 0 Å². The molecule has 1 atom stereocenters. The lowest BCUT2D eigenvalue weighted by Gasteiger charge is -2.43. The molecule has 1 aromatic rings. The van der Waals surface area contributed by atoms with Crippen LogP contribution in [-0.4, -0.2) is 38.5 Å². The molecule has 18 heavy (non-hydrogen) atoms. The molecular formula is C13H23N5. The second-order valence-corrected chi connectivity index (χ2v) is 5.76. The molecule has 5 heteroatoms. The Morgan fingerprint density at radius 3 is 2.44 bits per heavy atom. The highest BCUT2D eigenvalue weighted by atomic mass is 15.4. The van der Waals surface area contributed by atoms with Crippen LogP contribution < -0.4 is 5.73 Å². The zero-order valence-corrected chi connectivity index (χ0v) is 11.2. The molecule has 0 spiro atoms. The predicted molar refractivity (Wildman–Crippen MR) is 69.9 cm³/mol. The Hall–Kier alpha value is -0.940. The summed E-state index contributed by atoms with van der Waals surface area (Å²) in [4.78, 5) is 2.64. The Balaban J connectivity index is 1.91. The van der Waals surface area contributed by atoms with Crippen molar-refractivity contribution in [3.8, 4) is 0 Å². The van der Waals surface area contributed by atoms with E-state index in [-0.39, 0.29) is 11.6 Å². The van der Waals surface area contributed by atoms with Crippen molar-refractivity contribution in [1.29, 1.82) is 0 Å². The standard InChI is InChI=1S/C13H23N5/c1-17-11(10-15-16-17)12(14)13(6-2-3-7-13)18-8-4-5-9-18/h10,12H,2-9,14H2,1H3. The maximum Gasteiger partial charge on any atom is 0.0770 e. The van der Waals surface area contributed by atoms with Crippen LogP contribution in [0.3, 0.4) is 0 Å². The predicted octanol–water partition coefficient (Wildman–Crippen LogP) is 1.22. The molecule has 1 aromatic heterocycles. The smallest absolute Gasteiger partial charge is 0.0770 e. The SMILES string of the molecule is Cn1nncc1C(N)C1(N2CCCC2)CCCC1. The molecule has 1 saturated carbocycles. The third-order valence-electron chi connectivity index (χ3n) is 4.85. The van der Waals surface area contributed by atoms with Gasteiger partial charge in [-0.05, 0) is 38.8 Å². The molecule has 100 valence electrons. The summed E-state index contributed by atoms with van der Waals surface area (Å²) < 4.78 is 1.83. The van der Waals surface area contributed by atoms with Gasteiger partial charge in [0.25, 0.3) is 0 Å². The van der Waals surface area contributed by atoms with Gasteiger partial charge < -0.3 is 5.73 Å². The van der Waals surface area contributed by atoms with Crippen LogP contribution in [0.4, 0.5) is 0 Å². The van der Waals surface area contributed by atoms with Gasteiger partial charge in [-0.2, -0.15) is 0 Å². The zero-order chi connectivity index (χ0) is 12.6. The van der Waals surface area contributed by atoms with Gasteiger partial charge in [-0.25, -0.2) is 0 Å². The van der Waals surface area contributed by atoms with Gasteiger partial charge in [0.05, 0.1) is 17.9 Å². The van der Waals surface area contributed by atoms with Gasteiger partial charge in [0.15, 0.2) is 0 Å². The molecule has 0 aromatic carbocycles. The molecule has 1 saturated heterocycles. The maximum absolute atomic E-state index is 6.62. The first-order valence-electron chi connectivity index (χ1n) is 7.09. The quantitative estimate of drug-likeness (QED) is 0.875. The molecule has 2 N–H and O–H groups in total. The van der Waals surface area contributed by atoms with Crippen LogP contribution in [0, 0.1) is 0 Å². The summed E-state index contributed by atoms with van der Waals surface area (Å²) in [5, 5.41) is 8.02. The molecule has 5 nitrogen and oxygen atoms in total. The molecule has 3 rings (SSSR count). The third-order valence-corrected chi connectivity index (χ3v) is 4.85. The largest absolute Gasteiger partial charge is 0.321 e. The number of nitrogens with two attached hydrogens (primary N) is 1. The van der Waals surface area contributed by atoms with E-state index in [2.05, 4.69) is 15.2 Å². The van der Waals surface area contributed by atoms with Gasteiger partial charge in [-0.15, -0.1) is 5.10 Å². The van der Waals surface area contributed by atoms with Crippen molar-refractivity contribution in [2.45, 2.75) is 50.1 Å². The minimum Gasteiger partial charge on any atom is -0.321 e. The molecular weight excluding hydrogens is 226 g/mol. The van der Waals surface area contributed by atoms with E-state index in [1.54, 1.807) is 0 Å².